The van der Waals surface area contributed by atoms with Gasteiger partial charge in [-0.15, -0.1) is 11.3 Å². The van der Waals surface area contributed by atoms with Crippen molar-refractivity contribution in [2.24, 2.45) is 5.92 Å². The molecule has 2 aromatic heterocycles. The molecule has 2 atom stereocenters. The zero-order valence-corrected chi connectivity index (χ0v) is 17.2. The third-order valence-electron chi connectivity index (χ3n) is 5.48. The van der Waals surface area contributed by atoms with E-state index in [1.807, 2.05) is 29.6 Å². The van der Waals surface area contributed by atoms with Gasteiger partial charge in [-0.1, -0.05) is 24.3 Å². The minimum Gasteiger partial charge on any atom is -0.343 e. The number of hydrogen-bond acceptors (Lipinski definition) is 4. The maximum Gasteiger partial charge on any atom is 0.261 e. The van der Waals surface area contributed by atoms with E-state index in [-0.39, 0.29) is 17.9 Å². The van der Waals surface area contributed by atoms with Crippen LogP contribution in [0.5, 0.6) is 0 Å². The second kappa shape index (κ2) is 9.45. The van der Waals surface area contributed by atoms with E-state index in [9.17, 15) is 13.6 Å². The van der Waals surface area contributed by atoms with Gasteiger partial charge >= 0.3 is 0 Å². The molecule has 4 nitrogen and oxygen atoms in total. The first-order valence-electron chi connectivity index (χ1n) is 10.0. The lowest BCUT2D eigenvalue weighted by atomic mass is 9.88. The molecular weight excluding hydrogens is 404 g/mol. The fourth-order valence-electron chi connectivity index (χ4n) is 4.03. The first-order chi connectivity index (χ1) is 14.6. The van der Waals surface area contributed by atoms with Gasteiger partial charge in [0.1, 0.15) is 0 Å². The van der Waals surface area contributed by atoms with Crippen molar-refractivity contribution in [3.8, 4) is 0 Å². The number of carbonyl (C=O) groups is 1. The van der Waals surface area contributed by atoms with Crippen LogP contribution >= 0.6 is 11.3 Å². The SMILES string of the molecule is O=C(N[C@@H](c1ccccn1)[C@@H]1CCCN(Cc2cccc(F)c2F)C1)c1cccs1. The Morgan fingerprint density at radius 3 is 2.87 bits per heavy atom. The molecule has 1 aliphatic rings. The van der Waals surface area contributed by atoms with Gasteiger partial charge in [0.25, 0.3) is 5.91 Å². The number of aromatic nitrogens is 1. The molecule has 1 saturated heterocycles. The maximum atomic E-state index is 14.1. The lowest BCUT2D eigenvalue weighted by molar-refractivity contribution is 0.0878. The highest BCUT2D eigenvalue weighted by molar-refractivity contribution is 7.12. The molecule has 1 aliphatic heterocycles. The average Bonchev–Trinajstić information content (AvgIpc) is 3.31. The third kappa shape index (κ3) is 4.74. The van der Waals surface area contributed by atoms with Crippen LogP contribution in [0.1, 0.15) is 39.8 Å². The van der Waals surface area contributed by atoms with Crippen molar-refractivity contribution in [2.45, 2.75) is 25.4 Å². The van der Waals surface area contributed by atoms with E-state index in [0.717, 1.165) is 31.1 Å². The van der Waals surface area contributed by atoms with E-state index >= 15 is 0 Å². The van der Waals surface area contributed by atoms with Crippen LogP contribution < -0.4 is 5.32 Å². The second-order valence-corrected chi connectivity index (χ2v) is 8.48. The highest BCUT2D eigenvalue weighted by Gasteiger charge is 2.31. The van der Waals surface area contributed by atoms with Crippen LogP contribution in [0.3, 0.4) is 0 Å². The third-order valence-corrected chi connectivity index (χ3v) is 6.35. The van der Waals surface area contributed by atoms with Crippen molar-refractivity contribution in [1.82, 2.24) is 15.2 Å². The van der Waals surface area contributed by atoms with Gasteiger partial charge in [-0.05, 0) is 54.9 Å². The van der Waals surface area contributed by atoms with Crippen molar-refractivity contribution in [1.29, 1.82) is 0 Å². The Hall–Kier alpha value is -2.64. The number of amides is 1. The minimum atomic E-state index is -0.823. The fraction of sp³-hybridized carbons (Fsp3) is 0.304. The number of nitrogens with zero attached hydrogens (tertiary/aromatic N) is 2. The predicted octanol–water partition coefficient (Wildman–Crippen LogP) is 4.80. The largest absolute Gasteiger partial charge is 0.343 e. The Morgan fingerprint density at radius 2 is 2.10 bits per heavy atom. The zero-order chi connectivity index (χ0) is 20.9. The summed E-state index contributed by atoms with van der Waals surface area (Å²) < 4.78 is 27.7. The summed E-state index contributed by atoms with van der Waals surface area (Å²) in [6.07, 6.45) is 3.57. The molecule has 0 radical (unpaired) electrons. The summed E-state index contributed by atoms with van der Waals surface area (Å²) in [6.45, 7) is 1.82. The molecule has 0 aliphatic carbocycles. The van der Waals surface area contributed by atoms with Crippen LogP contribution in [-0.4, -0.2) is 28.9 Å². The smallest absolute Gasteiger partial charge is 0.261 e. The molecule has 7 heteroatoms. The molecule has 1 N–H and O–H groups in total. The maximum absolute atomic E-state index is 14.1. The minimum absolute atomic E-state index is 0.117. The quantitative estimate of drug-likeness (QED) is 0.614. The first kappa shape index (κ1) is 20.6. The van der Waals surface area contributed by atoms with E-state index in [2.05, 4.69) is 15.2 Å². The molecule has 156 valence electrons. The normalized spacial score (nSPS) is 18.1. The van der Waals surface area contributed by atoms with Crippen LogP contribution in [0.25, 0.3) is 0 Å². The standard InChI is InChI=1S/C23H23F2N3OS/c24-18-8-3-6-16(21(18)25)14-28-12-4-7-17(15-28)22(19-9-1-2-11-26-19)27-23(29)20-10-5-13-30-20/h1-3,5-6,8-11,13,17,22H,4,7,12,14-15H2,(H,27,29)/t17-,22-/m1/s1. The Bertz CT molecular complexity index is 981. The molecule has 0 bridgehead atoms. The van der Waals surface area contributed by atoms with Gasteiger partial charge in [-0.25, -0.2) is 8.78 Å². The Labute approximate surface area is 178 Å². The summed E-state index contributed by atoms with van der Waals surface area (Å²) >= 11 is 1.40. The lowest BCUT2D eigenvalue weighted by Gasteiger charge is -2.37. The molecular formula is C23H23F2N3OS. The number of nitrogens with one attached hydrogen (secondary N) is 1. The van der Waals surface area contributed by atoms with Gasteiger partial charge in [0.05, 0.1) is 16.6 Å². The summed E-state index contributed by atoms with van der Waals surface area (Å²) in [7, 11) is 0. The van der Waals surface area contributed by atoms with Gasteiger partial charge in [-0.3, -0.25) is 14.7 Å². The summed E-state index contributed by atoms with van der Waals surface area (Å²) in [4.78, 5) is 20.0. The van der Waals surface area contributed by atoms with Crippen molar-refractivity contribution in [2.75, 3.05) is 13.1 Å². The number of carbonyl (C=O) groups excluding carboxylic acids is 1. The van der Waals surface area contributed by atoms with Gasteiger partial charge in [0.2, 0.25) is 0 Å². The molecule has 0 unspecified atom stereocenters. The highest BCUT2D eigenvalue weighted by atomic mass is 32.1. The number of rotatable bonds is 6. The van der Waals surface area contributed by atoms with Crippen LogP contribution in [0, 0.1) is 17.6 Å². The number of likely N-dealkylation sites (tertiary alicyclic amines) is 1. The summed E-state index contributed by atoms with van der Waals surface area (Å²) in [5, 5.41) is 5.03. The highest BCUT2D eigenvalue weighted by Crippen LogP contribution is 2.30. The van der Waals surface area contributed by atoms with E-state index in [1.165, 1.54) is 17.4 Å². The van der Waals surface area contributed by atoms with Crippen LogP contribution in [0.15, 0.2) is 60.1 Å². The Balaban J connectivity index is 1.52. The molecule has 3 aromatic rings. The van der Waals surface area contributed by atoms with E-state index in [0.29, 0.717) is 23.5 Å². The summed E-state index contributed by atoms with van der Waals surface area (Å²) in [6, 6.07) is 13.4. The van der Waals surface area contributed by atoms with Gasteiger partial charge in [0.15, 0.2) is 11.6 Å². The lowest BCUT2D eigenvalue weighted by Crippen LogP contribution is -2.43. The predicted molar refractivity (Wildman–Crippen MR) is 113 cm³/mol. The molecule has 1 fully saturated rings. The van der Waals surface area contributed by atoms with E-state index in [1.54, 1.807) is 18.3 Å². The van der Waals surface area contributed by atoms with Gasteiger partial charge in [-0.2, -0.15) is 0 Å². The van der Waals surface area contributed by atoms with E-state index < -0.39 is 11.6 Å². The topological polar surface area (TPSA) is 45.2 Å². The molecule has 3 heterocycles. The van der Waals surface area contributed by atoms with Crippen LogP contribution in [0.2, 0.25) is 0 Å². The van der Waals surface area contributed by atoms with Gasteiger partial charge < -0.3 is 5.32 Å². The number of thiophene rings is 1. The number of pyridine rings is 1. The Kier molecular flexibility index (Phi) is 6.50. The van der Waals surface area contributed by atoms with Crippen molar-refractivity contribution in [3.05, 3.63) is 87.9 Å². The van der Waals surface area contributed by atoms with Crippen LogP contribution in [0.4, 0.5) is 8.78 Å². The Morgan fingerprint density at radius 1 is 1.20 bits per heavy atom. The van der Waals surface area contributed by atoms with Gasteiger partial charge in [0, 0.05) is 24.8 Å². The second-order valence-electron chi connectivity index (χ2n) is 7.53. The zero-order valence-electron chi connectivity index (χ0n) is 16.4. The monoisotopic (exact) mass is 427 g/mol. The molecule has 0 saturated carbocycles. The van der Waals surface area contributed by atoms with Crippen molar-refractivity contribution >= 4 is 17.2 Å². The molecule has 0 spiro atoms. The first-order valence-corrected chi connectivity index (χ1v) is 10.9. The number of hydrogen-bond donors (Lipinski definition) is 1. The summed E-state index contributed by atoms with van der Waals surface area (Å²) in [5.74, 6) is -1.61. The molecule has 1 aromatic carbocycles. The number of halogens is 2. The number of piperidine rings is 1. The fourth-order valence-corrected chi connectivity index (χ4v) is 4.66. The average molecular weight is 428 g/mol. The molecule has 30 heavy (non-hydrogen) atoms. The van der Waals surface area contributed by atoms with Crippen molar-refractivity contribution in [3.63, 3.8) is 0 Å². The van der Waals surface area contributed by atoms with Crippen molar-refractivity contribution < 1.29 is 13.6 Å². The number of benzene rings is 1. The summed E-state index contributed by atoms with van der Waals surface area (Å²) in [5.41, 5.74) is 1.17. The van der Waals surface area contributed by atoms with E-state index in [4.69, 9.17) is 0 Å². The molecule has 1 amide bonds. The molecule has 4 rings (SSSR count). The van der Waals surface area contributed by atoms with Crippen LogP contribution in [-0.2, 0) is 6.54 Å².